The number of nitrogen functional groups attached to an aromatic ring is 1. The van der Waals surface area contributed by atoms with Gasteiger partial charge in [-0.1, -0.05) is 17.3 Å². The van der Waals surface area contributed by atoms with E-state index in [0.29, 0.717) is 35.9 Å². The Kier molecular flexibility index (Phi) is 4.45. The van der Waals surface area contributed by atoms with Crippen molar-refractivity contribution in [1.29, 1.82) is 0 Å². The lowest BCUT2D eigenvalue weighted by Crippen LogP contribution is -2.39. The lowest BCUT2D eigenvalue weighted by molar-refractivity contribution is 0.0980. The first-order valence-corrected chi connectivity index (χ1v) is 9.25. The van der Waals surface area contributed by atoms with Gasteiger partial charge in [-0.2, -0.15) is 15.0 Å². The lowest BCUT2D eigenvalue weighted by atomic mass is 9.84. The number of carbonyl (C=O) groups is 1. The van der Waals surface area contributed by atoms with Crippen molar-refractivity contribution in [2.75, 3.05) is 24.3 Å². The highest BCUT2D eigenvalue weighted by Crippen LogP contribution is 2.33. The van der Waals surface area contributed by atoms with Gasteiger partial charge in [0, 0.05) is 18.7 Å². The second kappa shape index (κ2) is 6.84. The molecule has 1 aliphatic heterocycles. The Morgan fingerprint density at radius 1 is 1.17 bits per heavy atom. The monoisotopic (exact) mass is 394 g/mol. The maximum Gasteiger partial charge on any atom is 0.318 e. The Morgan fingerprint density at radius 2 is 1.90 bits per heavy atom. The van der Waals surface area contributed by atoms with Crippen LogP contribution in [0.15, 0.2) is 28.8 Å². The number of aryl methyl sites for hydroxylation is 1. The van der Waals surface area contributed by atoms with Crippen molar-refractivity contribution in [3.05, 3.63) is 52.8 Å². The number of ether oxygens (including phenoxy) is 1. The van der Waals surface area contributed by atoms with Crippen LogP contribution in [-0.2, 0) is 11.8 Å². The summed E-state index contributed by atoms with van der Waals surface area (Å²) in [6.07, 6.45) is 0.568. The van der Waals surface area contributed by atoms with Gasteiger partial charge in [-0.3, -0.25) is 4.79 Å². The van der Waals surface area contributed by atoms with Crippen molar-refractivity contribution >= 4 is 17.4 Å². The van der Waals surface area contributed by atoms with Gasteiger partial charge in [-0.05, 0) is 38.5 Å². The van der Waals surface area contributed by atoms with Gasteiger partial charge >= 0.3 is 6.01 Å². The van der Waals surface area contributed by atoms with Gasteiger partial charge < -0.3 is 19.9 Å². The summed E-state index contributed by atoms with van der Waals surface area (Å²) in [6, 6.07) is 7.91. The molecule has 3 heterocycles. The van der Waals surface area contributed by atoms with E-state index in [1.165, 1.54) is 7.11 Å². The van der Waals surface area contributed by atoms with Gasteiger partial charge in [0.05, 0.1) is 18.2 Å². The summed E-state index contributed by atoms with van der Waals surface area (Å²) in [5.41, 5.74) is 8.27. The molecule has 0 saturated heterocycles. The minimum absolute atomic E-state index is 0.131. The molecule has 1 aliphatic rings. The van der Waals surface area contributed by atoms with Crippen LogP contribution in [0.1, 0.15) is 47.2 Å². The molecular formula is C20H22N6O3. The van der Waals surface area contributed by atoms with Crippen LogP contribution in [0.3, 0.4) is 0 Å². The Morgan fingerprint density at radius 3 is 2.52 bits per heavy atom. The van der Waals surface area contributed by atoms with Crippen molar-refractivity contribution in [1.82, 2.24) is 20.1 Å². The van der Waals surface area contributed by atoms with Crippen LogP contribution in [-0.4, -0.2) is 39.7 Å². The summed E-state index contributed by atoms with van der Waals surface area (Å²) in [5, 5.41) is 3.88. The first-order chi connectivity index (χ1) is 13.8. The van der Waals surface area contributed by atoms with Crippen LogP contribution in [0.5, 0.6) is 6.01 Å². The molecule has 0 radical (unpaired) electrons. The second-order valence-electron chi connectivity index (χ2n) is 7.44. The molecule has 0 fully saturated rings. The maximum absolute atomic E-state index is 13.0. The van der Waals surface area contributed by atoms with Crippen LogP contribution in [0.25, 0.3) is 0 Å². The van der Waals surface area contributed by atoms with E-state index in [4.69, 9.17) is 15.0 Å². The fourth-order valence-corrected chi connectivity index (χ4v) is 3.44. The highest BCUT2D eigenvalue weighted by atomic mass is 16.5. The van der Waals surface area contributed by atoms with E-state index in [1.54, 1.807) is 11.8 Å². The fourth-order valence-electron chi connectivity index (χ4n) is 3.44. The lowest BCUT2D eigenvalue weighted by Gasteiger charge is -2.29. The van der Waals surface area contributed by atoms with Crippen LogP contribution in [0, 0.1) is 6.92 Å². The maximum atomic E-state index is 13.0. The molecule has 29 heavy (non-hydrogen) atoms. The average Bonchev–Trinajstić information content (AvgIpc) is 3.15. The standard InChI is InChI=1S/C20H22N6O3/c1-11-22-18(29-25-11)20(2,3)12-5-7-13(8-6-12)26-10-9-14-15(17(26)27)16(21)24-19(23-14)28-4/h5-8H,9-10H2,1-4H3,(H2,21,23,24). The third kappa shape index (κ3) is 3.18. The highest BCUT2D eigenvalue weighted by Gasteiger charge is 2.32. The molecule has 0 bridgehead atoms. The van der Waals surface area contributed by atoms with Gasteiger partial charge in [-0.15, -0.1) is 0 Å². The SMILES string of the molecule is COc1nc(N)c2c(n1)CCN(c1ccc(C(C)(C)c3nc(C)no3)cc1)C2=O. The minimum Gasteiger partial charge on any atom is -0.467 e. The molecule has 2 aromatic heterocycles. The smallest absolute Gasteiger partial charge is 0.318 e. The molecule has 9 heteroatoms. The number of amides is 1. The molecule has 1 amide bonds. The zero-order valence-corrected chi connectivity index (χ0v) is 16.8. The minimum atomic E-state index is -0.451. The van der Waals surface area contributed by atoms with Crippen LogP contribution < -0.4 is 15.4 Å². The zero-order valence-electron chi connectivity index (χ0n) is 16.8. The summed E-state index contributed by atoms with van der Waals surface area (Å²) >= 11 is 0. The summed E-state index contributed by atoms with van der Waals surface area (Å²) in [5.74, 6) is 1.06. The summed E-state index contributed by atoms with van der Waals surface area (Å²) in [4.78, 5) is 27.4. The number of nitrogens with two attached hydrogens (primary N) is 1. The Labute approximate surface area is 167 Å². The largest absolute Gasteiger partial charge is 0.467 e. The third-order valence-electron chi connectivity index (χ3n) is 5.17. The average molecular weight is 394 g/mol. The molecule has 150 valence electrons. The Bertz CT molecular complexity index is 1070. The number of methoxy groups -OCH3 is 1. The van der Waals surface area contributed by atoms with E-state index >= 15 is 0 Å². The fraction of sp³-hybridized carbons (Fsp3) is 0.350. The van der Waals surface area contributed by atoms with E-state index in [-0.39, 0.29) is 17.7 Å². The van der Waals surface area contributed by atoms with Gasteiger partial charge in [0.25, 0.3) is 5.91 Å². The topological polar surface area (TPSA) is 120 Å². The Balaban J connectivity index is 1.63. The van der Waals surface area contributed by atoms with Gasteiger partial charge in [0.15, 0.2) is 5.82 Å². The number of carbonyl (C=O) groups excluding carboxylic acids is 1. The van der Waals surface area contributed by atoms with E-state index in [2.05, 4.69) is 20.1 Å². The van der Waals surface area contributed by atoms with Crippen molar-refractivity contribution in [2.45, 2.75) is 32.6 Å². The predicted molar refractivity (Wildman–Crippen MR) is 106 cm³/mol. The first kappa shape index (κ1) is 18.9. The molecule has 9 nitrogen and oxygen atoms in total. The normalized spacial score (nSPS) is 14.1. The highest BCUT2D eigenvalue weighted by molar-refractivity contribution is 6.10. The predicted octanol–water partition coefficient (Wildman–Crippen LogP) is 2.29. The molecule has 1 aromatic carbocycles. The molecular weight excluding hydrogens is 372 g/mol. The van der Waals surface area contributed by atoms with Crippen LogP contribution >= 0.6 is 0 Å². The number of hydrogen-bond acceptors (Lipinski definition) is 8. The number of aromatic nitrogens is 4. The molecule has 0 unspecified atom stereocenters. The molecule has 0 spiro atoms. The summed E-state index contributed by atoms with van der Waals surface area (Å²) in [7, 11) is 1.47. The van der Waals surface area contributed by atoms with Crippen LogP contribution in [0.4, 0.5) is 11.5 Å². The first-order valence-electron chi connectivity index (χ1n) is 9.25. The number of anilines is 2. The van der Waals surface area contributed by atoms with E-state index in [9.17, 15) is 4.79 Å². The molecule has 2 N–H and O–H groups in total. The van der Waals surface area contributed by atoms with E-state index in [1.807, 2.05) is 38.1 Å². The van der Waals surface area contributed by atoms with Gasteiger partial charge in [0.1, 0.15) is 11.4 Å². The molecule has 0 saturated carbocycles. The van der Waals surface area contributed by atoms with Gasteiger partial charge in [0.2, 0.25) is 5.89 Å². The van der Waals surface area contributed by atoms with Crippen molar-refractivity contribution in [3.63, 3.8) is 0 Å². The number of rotatable bonds is 4. The third-order valence-corrected chi connectivity index (χ3v) is 5.17. The number of benzene rings is 1. The zero-order chi connectivity index (χ0) is 20.8. The second-order valence-corrected chi connectivity index (χ2v) is 7.44. The number of nitrogens with zero attached hydrogens (tertiary/aromatic N) is 5. The quantitative estimate of drug-likeness (QED) is 0.715. The van der Waals surface area contributed by atoms with Crippen LogP contribution in [0.2, 0.25) is 0 Å². The van der Waals surface area contributed by atoms with E-state index in [0.717, 1.165) is 11.3 Å². The Hall–Kier alpha value is -3.49. The van der Waals surface area contributed by atoms with Crippen molar-refractivity contribution in [2.24, 2.45) is 0 Å². The van der Waals surface area contributed by atoms with Gasteiger partial charge in [-0.25, -0.2) is 0 Å². The number of fused-ring (bicyclic) bond motifs is 1. The summed E-state index contributed by atoms with van der Waals surface area (Å²) < 4.78 is 10.4. The van der Waals surface area contributed by atoms with E-state index < -0.39 is 5.41 Å². The molecule has 4 rings (SSSR count). The summed E-state index contributed by atoms with van der Waals surface area (Å²) in [6.45, 7) is 6.32. The molecule has 0 atom stereocenters. The number of hydrogen-bond donors (Lipinski definition) is 1. The van der Waals surface area contributed by atoms with Crippen molar-refractivity contribution < 1.29 is 14.1 Å². The molecule has 3 aromatic rings. The molecule has 0 aliphatic carbocycles. The van der Waals surface area contributed by atoms with Crippen molar-refractivity contribution in [3.8, 4) is 6.01 Å².